The molecule has 6 nitrogen and oxygen atoms in total. The summed E-state index contributed by atoms with van der Waals surface area (Å²) in [4.78, 5) is 25.3. The van der Waals surface area contributed by atoms with Crippen LogP contribution in [0.25, 0.3) is 10.8 Å². The van der Waals surface area contributed by atoms with Crippen molar-refractivity contribution in [3.63, 3.8) is 0 Å². The Hall–Kier alpha value is -2.28. The lowest BCUT2D eigenvalue weighted by Crippen LogP contribution is -2.48. The highest BCUT2D eigenvalue weighted by Gasteiger charge is 2.61. The van der Waals surface area contributed by atoms with Crippen LogP contribution < -0.4 is 5.32 Å². The van der Waals surface area contributed by atoms with E-state index in [1.807, 2.05) is 30.3 Å². The van der Waals surface area contributed by atoms with Crippen molar-refractivity contribution in [1.82, 2.24) is 5.32 Å². The number of hydrogen-bond acceptors (Lipinski definition) is 6. The molecule has 0 saturated carbocycles. The van der Waals surface area contributed by atoms with Gasteiger partial charge in [0.25, 0.3) is 0 Å². The van der Waals surface area contributed by atoms with Crippen LogP contribution in [0.5, 0.6) is 0 Å². The van der Waals surface area contributed by atoms with E-state index >= 15 is 0 Å². The molecule has 3 aliphatic rings. The molecular weight excluding hydrogens is 334 g/mol. The van der Waals surface area contributed by atoms with Crippen LogP contribution in [0, 0.1) is 11.8 Å². The summed E-state index contributed by atoms with van der Waals surface area (Å²) in [5.74, 6) is -1.12. The molecule has 0 amide bonds. The van der Waals surface area contributed by atoms with Crippen LogP contribution in [0.2, 0.25) is 0 Å². The van der Waals surface area contributed by atoms with Gasteiger partial charge in [0.2, 0.25) is 6.29 Å². The normalized spacial score (nSPS) is 35.5. The van der Waals surface area contributed by atoms with Gasteiger partial charge in [-0.2, -0.15) is 0 Å². The summed E-state index contributed by atoms with van der Waals surface area (Å²) in [7, 11) is 1.36. The lowest BCUT2D eigenvalue weighted by Gasteiger charge is -2.32. The van der Waals surface area contributed by atoms with Crippen molar-refractivity contribution in [2.24, 2.45) is 11.8 Å². The zero-order chi connectivity index (χ0) is 17.8. The van der Waals surface area contributed by atoms with Gasteiger partial charge >= 0.3 is 5.97 Å². The molecule has 3 aliphatic heterocycles. The van der Waals surface area contributed by atoms with E-state index in [0.717, 1.165) is 16.3 Å². The van der Waals surface area contributed by atoms with E-state index in [1.54, 1.807) is 0 Å². The van der Waals surface area contributed by atoms with Crippen LogP contribution in [0.4, 0.5) is 0 Å². The maximum Gasteiger partial charge on any atom is 0.323 e. The monoisotopic (exact) mass is 353 g/mol. The topological polar surface area (TPSA) is 73.9 Å². The molecule has 0 aliphatic carbocycles. The predicted octanol–water partition coefficient (Wildman–Crippen LogP) is 1.58. The molecular formula is C20H19NO5. The molecule has 2 aromatic rings. The first kappa shape index (κ1) is 15.9. The average Bonchev–Trinajstić information content (AvgIpc) is 3.29. The molecule has 0 radical (unpaired) electrons. The molecule has 0 aromatic heterocycles. The van der Waals surface area contributed by atoms with Gasteiger partial charge in [0, 0.05) is 17.9 Å². The number of nitrogens with one attached hydrogen (secondary N) is 1. The quantitative estimate of drug-likeness (QED) is 0.827. The number of hydrogen-bond donors (Lipinski definition) is 1. The average molecular weight is 353 g/mol. The van der Waals surface area contributed by atoms with Gasteiger partial charge in [-0.3, -0.25) is 14.9 Å². The summed E-state index contributed by atoms with van der Waals surface area (Å²) in [5, 5.41) is 5.59. The molecule has 134 valence electrons. The summed E-state index contributed by atoms with van der Waals surface area (Å²) < 4.78 is 16.1. The highest BCUT2D eigenvalue weighted by Crippen LogP contribution is 2.47. The second kappa shape index (κ2) is 5.87. The SMILES string of the molecule is COC(=O)[C@@H]1N[C@H](c2ccc3ccccc3c2)[C@H]2C(=O)[C@@H]3OC[C@@H](O3)[C@H]21. The first-order chi connectivity index (χ1) is 12.7. The number of ketones is 1. The van der Waals surface area contributed by atoms with Crippen molar-refractivity contribution in [3.8, 4) is 0 Å². The van der Waals surface area contributed by atoms with Crippen molar-refractivity contribution < 1.29 is 23.8 Å². The fourth-order valence-corrected chi connectivity index (χ4v) is 4.62. The molecule has 1 N–H and O–H groups in total. The van der Waals surface area contributed by atoms with Crippen LogP contribution in [-0.4, -0.2) is 43.9 Å². The Balaban J connectivity index is 1.59. The third-order valence-corrected chi connectivity index (χ3v) is 5.81. The summed E-state index contributed by atoms with van der Waals surface area (Å²) in [5.41, 5.74) is 0.986. The van der Waals surface area contributed by atoms with Crippen molar-refractivity contribution >= 4 is 22.5 Å². The number of carbonyl (C=O) groups is 2. The smallest absolute Gasteiger partial charge is 0.323 e. The Kier molecular flexibility index (Phi) is 3.60. The highest BCUT2D eigenvalue weighted by atomic mass is 16.7. The van der Waals surface area contributed by atoms with Crippen LogP contribution >= 0.6 is 0 Å². The van der Waals surface area contributed by atoms with E-state index in [2.05, 4.69) is 17.4 Å². The maximum atomic E-state index is 12.9. The first-order valence-corrected chi connectivity index (χ1v) is 8.81. The van der Waals surface area contributed by atoms with Gasteiger partial charge in [-0.1, -0.05) is 36.4 Å². The van der Waals surface area contributed by atoms with E-state index in [-0.39, 0.29) is 35.7 Å². The summed E-state index contributed by atoms with van der Waals surface area (Å²) >= 11 is 0. The molecule has 5 rings (SSSR count). The number of rotatable bonds is 2. The molecule has 3 saturated heterocycles. The van der Waals surface area contributed by atoms with E-state index in [1.165, 1.54) is 7.11 Å². The van der Waals surface area contributed by atoms with Gasteiger partial charge in [-0.05, 0) is 22.4 Å². The number of ether oxygens (including phenoxy) is 3. The van der Waals surface area contributed by atoms with E-state index < -0.39 is 12.3 Å². The summed E-state index contributed by atoms with van der Waals surface area (Å²) in [6, 6.07) is 13.4. The number of methoxy groups -OCH3 is 1. The third-order valence-electron chi connectivity index (χ3n) is 5.81. The predicted molar refractivity (Wildman–Crippen MR) is 92.2 cm³/mol. The van der Waals surface area contributed by atoms with Gasteiger partial charge in [0.05, 0.1) is 19.8 Å². The Labute approximate surface area is 150 Å². The first-order valence-electron chi connectivity index (χ1n) is 8.81. The lowest BCUT2D eigenvalue weighted by molar-refractivity contribution is -0.166. The number of benzene rings is 2. The molecule has 6 heteroatoms. The number of fused-ring (bicyclic) bond motifs is 5. The Morgan fingerprint density at radius 2 is 2.00 bits per heavy atom. The highest BCUT2D eigenvalue weighted by molar-refractivity contribution is 5.90. The standard InChI is InChI=1S/C20H19NO5/c1-24-19(23)17-14-13-9-25-20(26-13)18(22)15(14)16(21-17)12-7-6-10-4-2-3-5-11(10)8-12/h2-8,13-17,20-21H,9H2,1H3/t13-,14-,15+,16-,17-,20-/m1/s1. The minimum Gasteiger partial charge on any atom is -0.468 e. The van der Waals surface area contributed by atoms with Gasteiger partial charge < -0.3 is 14.2 Å². The van der Waals surface area contributed by atoms with Crippen LogP contribution in [0.3, 0.4) is 0 Å². The maximum absolute atomic E-state index is 12.9. The summed E-state index contributed by atoms with van der Waals surface area (Å²) in [6.45, 7) is 0.331. The van der Waals surface area contributed by atoms with Crippen molar-refractivity contribution in [3.05, 3.63) is 48.0 Å². The molecule has 2 aromatic carbocycles. The molecule has 6 atom stereocenters. The van der Waals surface area contributed by atoms with E-state index in [9.17, 15) is 9.59 Å². The van der Waals surface area contributed by atoms with Gasteiger partial charge in [0.15, 0.2) is 5.78 Å². The number of esters is 1. The largest absolute Gasteiger partial charge is 0.468 e. The van der Waals surface area contributed by atoms with Crippen molar-refractivity contribution in [2.75, 3.05) is 13.7 Å². The number of Topliss-reactive ketones (excluding diaryl/α,β-unsaturated/α-hetero) is 1. The van der Waals surface area contributed by atoms with Crippen LogP contribution in [0.1, 0.15) is 11.6 Å². The van der Waals surface area contributed by atoms with Gasteiger partial charge in [0.1, 0.15) is 6.04 Å². The summed E-state index contributed by atoms with van der Waals surface area (Å²) in [6.07, 6.45) is -1.09. The van der Waals surface area contributed by atoms with E-state index in [0.29, 0.717) is 6.61 Å². The lowest BCUT2D eigenvalue weighted by atomic mass is 9.77. The van der Waals surface area contributed by atoms with E-state index in [4.69, 9.17) is 14.2 Å². The second-order valence-corrected chi connectivity index (χ2v) is 7.10. The van der Waals surface area contributed by atoms with Crippen molar-refractivity contribution in [2.45, 2.75) is 24.5 Å². The minimum atomic E-state index is -0.817. The zero-order valence-corrected chi connectivity index (χ0v) is 14.3. The molecule has 3 heterocycles. The second-order valence-electron chi connectivity index (χ2n) is 7.10. The van der Waals surface area contributed by atoms with Gasteiger partial charge in [-0.25, -0.2) is 0 Å². The Bertz CT molecular complexity index is 897. The van der Waals surface area contributed by atoms with Gasteiger partial charge in [-0.15, -0.1) is 0 Å². The van der Waals surface area contributed by atoms with Crippen LogP contribution in [-0.2, 0) is 23.8 Å². The Morgan fingerprint density at radius 1 is 1.19 bits per heavy atom. The third kappa shape index (κ3) is 2.23. The molecule has 2 bridgehead atoms. The Morgan fingerprint density at radius 3 is 2.81 bits per heavy atom. The van der Waals surface area contributed by atoms with Crippen LogP contribution in [0.15, 0.2) is 42.5 Å². The fourth-order valence-electron chi connectivity index (χ4n) is 4.62. The molecule has 26 heavy (non-hydrogen) atoms. The molecule has 0 unspecified atom stereocenters. The molecule has 0 spiro atoms. The minimum absolute atomic E-state index is 0.0965. The zero-order valence-electron chi connectivity index (χ0n) is 14.3. The molecule has 3 fully saturated rings. The van der Waals surface area contributed by atoms with Crippen molar-refractivity contribution in [1.29, 1.82) is 0 Å². The number of carbonyl (C=O) groups excluding carboxylic acids is 2. The fraction of sp³-hybridized carbons (Fsp3) is 0.400.